The smallest absolute Gasteiger partial charge is 0.247 e. The van der Waals surface area contributed by atoms with E-state index in [1.807, 2.05) is 48.5 Å². The third kappa shape index (κ3) is 4.05. The van der Waals surface area contributed by atoms with Crippen molar-refractivity contribution in [2.45, 2.75) is 31.7 Å². The number of carbonyl (C=O) groups is 2. The molecular formula is C21H24N4O2. The molecule has 140 valence electrons. The second kappa shape index (κ2) is 7.70. The van der Waals surface area contributed by atoms with Crippen LogP contribution in [0.3, 0.4) is 0 Å². The summed E-state index contributed by atoms with van der Waals surface area (Å²) in [5.74, 6) is -0.378. The molecule has 1 fully saturated rings. The summed E-state index contributed by atoms with van der Waals surface area (Å²) < 4.78 is 0. The van der Waals surface area contributed by atoms with Crippen LogP contribution in [0.5, 0.6) is 0 Å². The summed E-state index contributed by atoms with van der Waals surface area (Å²) in [5, 5.41) is 8.86. The van der Waals surface area contributed by atoms with E-state index in [-0.39, 0.29) is 18.2 Å². The van der Waals surface area contributed by atoms with Gasteiger partial charge in [-0.15, -0.1) is 0 Å². The minimum absolute atomic E-state index is 0.0774. The second-order valence-corrected chi connectivity index (χ2v) is 7.08. The van der Waals surface area contributed by atoms with E-state index >= 15 is 0 Å². The van der Waals surface area contributed by atoms with Gasteiger partial charge in [-0.25, -0.2) is 0 Å². The number of anilines is 4. The monoisotopic (exact) mass is 364 g/mol. The maximum absolute atomic E-state index is 12.4. The maximum atomic E-state index is 12.4. The molecule has 1 atom stereocenters. The van der Waals surface area contributed by atoms with E-state index in [0.29, 0.717) is 0 Å². The first-order chi connectivity index (χ1) is 13.2. The predicted molar refractivity (Wildman–Crippen MR) is 108 cm³/mol. The molecule has 0 aromatic heterocycles. The number of carbonyl (C=O) groups excluding carboxylic acids is 2. The third-order valence-electron chi connectivity index (χ3n) is 5.09. The fourth-order valence-corrected chi connectivity index (χ4v) is 3.64. The van der Waals surface area contributed by atoms with Crippen molar-refractivity contribution >= 4 is 34.6 Å². The lowest BCUT2D eigenvalue weighted by Gasteiger charge is -2.29. The fourth-order valence-electron chi connectivity index (χ4n) is 3.64. The van der Waals surface area contributed by atoms with Gasteiger partial charge in [0.15, 0.2) is 0 Å². The van der Waals surface area contributed by atoms with Gasteiger partial charge in [0.2, 0.25) is 11.8 Å². The number of amides is 2. The first-order valence-electron chi connectivity index (χ1n) is 9.50. The van der Waals surface area contributed by atoms with Crippen molar-refractivity contribution in [3.63, 3.8) is 0 Å². The van der Waals surface area contributed by atoms with E-state index < -0.39 is 6.04 Å². The van der Waals surface area contributed by atoms with Crippen LogP contribution in [0.1, 0.15) is 25.7 Å². The Morgan fingerprint density at radius 3 is 2.44 bits per heavy atom. The number of fused-ring (bicyclic) bond motifs is 1. The number of hydrogen-bond acceptors (Lipinski definition) is 4. The lowest BCUT2D eigenvalue weighted by Crippen LogP contribution is -2.41. The summed E-state index contributed by atoms with van der Waals surface area (Å²) in [6, 6.07) is 14.8. The molecule has 4 rings (SSSR count). The van der Waals surface area contributed by atoms with Gasteiger partial charge >= 0.3 is 0 Å². The molecule has 27 heavy (non-hydrogen) atoms. The zero-order valence-corrected chi connectivity index (χ0v) is 15.2. The standard InChI is InChI=1S/C21H24N4O2/c26-20(14-19-21(27)24-18-7-3-2-6-17(18)23-19)22-15-8-10-16(11-9-15)25-12-4-1-5-13-25/h2-3,6-11,19,23H,1,4-5,12-14H2,(H,22,26)(H,24,27)/t19-/m0/s1. The zero-order valence-electron chi connectivity index (χ0n) is 15.2. The molecule has 0 bridgehead atoms. The van der Waals surface area contributed by atoms with Gasteiger partial charge in [-0.2, -0.15) is 0 Å². The van der Waals surface area contributed by atoms with Crippen molar-refractivity contribution in [1.82, 2.24) is 0 Å². The predicted octanol–water partition coefficient (Wildman–Crippen LogP) is 3.44. The highest BCUT2D eigenvalue weighted by Crippen LogP contribution is 2.27. The van der Waals surface area contributed by atoms with Crippen molar-refractivity contribution in [1.29, 1.82) is 0 Å². The average molecular weight is 364 g/mol. The summed E-state index contributed by atoms with van der Waals surface area (Å²) in [5.41, 5.74) is 3.52. The quantitative estimate of drug-likeness (QED) is 0.777. The SMILES string of the molecule is O=C(C[C@@H]1Nc2ccccc2NC1=O)Nc1ccc(N2CCCCC2)cc1. The normalized spacial score (nSPS) is 18.9. The van der Waals surface area contributed by atoms with Gasteiger partial charge in [-0.05, 0) is 55.7 Å². The number of nitrogens with one attached hydrogen (secondary N) is 3. The molecule has 6 heteroatoms. The van der Waals surface area contributed by atoms with Crippen LogP contribution in [0.2, 0.25) is 0 Å². The molecule has 2 aliphatic heterocycles. The van der Waals surface area contributed by atoms with Crippen LogP contribution in [0.15, 0.2) is 48.5 Å². The van der Waals surface area contributed by atoms with Crippen molar-refractivity contribution in [2.75, 3.05) is 33.9 Å². The van der Waals surface area contributed by atoms with E-state index in [0.717, 1.165) is 30.2 Å². The van der Waals surface area contributed by atoms with Gasteiger partial charge in [0, 0.05) is 24.5 Å². The van der Waals surface area contributed by atoms with Gasteiger partial charge in [-0.3, -0.25) is 9.59 Å². The molecule has 2 heterocycles. The highest BCUT2D eigenvalue weighted by atomic mass is 16.2. The molecule has 6 nitrogen and oxygen atoms in total. The van der Waals surface area contributed by atoms with Crippen LogP contribution in [0.4, 0.5) is 22.7 Å². The minimum atomic E-state index is -0.576. The van der Waals surface area contributed by atoms with E-state index in [4.69, 9.17) is 0 Å². The topological polar surface area (TPSA) is 73.5 Å². The number of para-hydroxylation sites is 2. The Morgan fingerprint density at radius 2 is 1.70 bits per heavy atom. The van der Waals surface area contributed by atoms with E-state index in [9.17, 15) is 9.59 Å². The zero-order chi connectivity index (χ0) is 18.6. The third-order valence-corrected chi connectivity index (χ3v) is 5.09. The van der Waals surface area contributed by atoms with Crippen molar-refractivity contribution < 1.29 is 9.59 Å². The van der Waals surface area contributed by atoms with Crippen LogP contribution in [-0.2, 0) is 9.59 Å². The second-order valence-electron chi connectivity index (χ2n) is 7.08. The van der Waals surface area contributed by atoms with Gasteiger partial charge in [0.05, 0.1) is 17.8 Å². The van der Waals surface area contributed by atoms with Crippen LogP contribution in [0.25, 0.3) is 0 Å². The van der Waals surface area contributed by atoms with E-state index in [1.54, 1.807) is 0 Å². The van der Waals surface area contributed by atoms with Gasteiger partial charge in [-0.1, -0.05) is 12.1 Å². The molecule has 0 radical (unpaired) electrons. The number of nitrogens with zero attached hydrogens (tertiary/aromatic N) is 1. The largest absolute Gasteiger partial charge is 0.372 e. The number of rotatable bonds is 4. The molecule has 1 saturated heterocycles. The Hall–Kier alpha value is -3.02. The summed E-state index contributed by atoms with van der Waals surface area (Å²) in [4.78, 5) is 27.0. The highest BCUT2D eigenvalue weighted by molar-refractivity contribution is 6.06. The summed E-state index contributed by atoms with van der Waals surface area (Å²) in [6.45, 7) is 2.19. The Morgan fingerprint density at radius 1 is 1.00 bits per heavy atom. The molecule has 0 saturated carbocycles. The van der Waals surface area contributed by atoms with Gasteiger partial charge in [0.1, 0.15) is 6.04 Å². The molecule has 2 aliphatic rings. The number of piperidine rings is 1. The van der Waals surface area contributed by atoms with Gasteiger partial charge in [0.25, 0.3) is 0 Å². The lowest BCUT2D eigenvalue weighted by molar-refractivity contribution is -0.122. The van der Waals surface area contributed by atoms with Crippen LogP contribution in [0, 0.1) is 0 Å². The summed E-state index contributed by atoms with van der Waals surface area (Å²) >= 11 is 0. The van der Waals surface area contributed by atoms with E-state index in [1.165, 1.54) is 24.9 Å². The van der Waals surface area contributed by atoms with Crippen LogP contribution < -0.4 is 20.9 Å². The fraction of sp³-hybridized carbons (Fsp3) is 0.333. The van der Waals surface area contributed by atoms with Crippen molar-refractivity contribution in [2.24, 2.45) is 0 Å². The summed E-state index contributed by atoms with van der Waals surface area (Å²) in [6.07, 6.45) is 3.85. The lowest BCUT2D eigenvalue weighted by atomic mass is 10.1. The molecule has 2 amide bonds. The highest BCUT2D eigenvalue weighted by Gasteiger charge is 2.27. The van der Waals surface area contributed by atoms with Gasteiger partial charge < -0.3 is 20.9 Å². The summed E-state index contributed by atoms with van der Waals surface area (Å²) in [7, 11) is 0. The van der Waals surface area contributed by atoms with Crippen LogP contribution >= 0.6 is 0 Å². The van der Waals surface area contributed by atoms with Crippen molar-refractivity contribution in [3.05, 3.63) is 48.5 Å². The number of hydrogen-bond donors (Lipinski definition) is 3. The molecule has 0 aliphatic carbocycles. The molecule has 2 aromatic carbocycles. The maximum Gasteiger partial charge on any atom is 0.247 e. The van der Waals surface area contributed by atoms with E-state index in [2.05, 4.69) is 20.9 Å². The molecule has 2 aromatic rings. The van der Waals surface area contributed by atoms with Crippen LogP contribution in [-0.4, -0.2) is 30.9 Å². The minimum Gasteiger partial charge on any atom is -0.372 e. The molecule has 0 unspecified atom stereocenters. The Bertz CT molecular complexity index is 828. The first kappa shape index (κ1) is 17.4. The first-order valence-corrected chi connectivity index (χ1v) is 9.50. The Labute approximate surface area is 158 Å². The number of benzene rings is 2. The van der Waals surface area contributed by atoms with Crippen molar-refractivity contribution in [3.8, 4) is 0 Å². The molecular weight excluding hydrogens is 340 g/mol. The Kier molecular flexibility index (Phi) is 4.96. The molecule has 0 spiro atoms. The Balaban J connectivity index is 1.35. The average Bonchev–Trinajstić information content (AvgIpc) is 2.70. The molecule has 3 N–H and O–H groups in total.